The van der Waals surface area contributed by atoms with Gasteiger partial charge in [-0.05, 0) is 13.8 Å². The van der Waals surface area contributed by atoms with Crippen molar-refractivity contribution in [1.82, 2.24) is 19.5 Å². The van der Waals surface area contributed by atoms with Gasteiger partial charge >= 0.3 is 0 Å². The van der Waals surface area contributed by atoms with Crippen molar-refractivity contribution in [2.24, 2.45) is 0 Å². The average molecular weight is 327 g/mol. The molecule has 1 unspecified atom stereocenters. The topological polar surface area (TPSA) is 114 Å². The Morgan fingerprint density at radius 3 is 2.59 bits per heavy atom. The first-order chi connectivity index (χ1) is 10.4. The Morgan fingerprint density at radius 2 is 1.95 bits per heavy atom. The van der Waals surface area contributed by atoms with E-state index < -0.39 is 31.0 Å². The molecule has 4 aliphatic rings. The third kappa shape index (κ3) is 1.70. The Labute approximate surface area is 130 Å². The van der Waals surface area contributed by atoms with E-state index in [2.05, 4.69) is 15.0 Å². The summed E-state index contributed by atoms with van der Waals surface area (Å²) < 4.78 is 7.36. The molecule has 1 fully saturated rings. The van der Waals surface area contributed by atoms with E-state index in [1.807, 2.05) is 18.4 Å². The van der Waals surface area contributed by atoms with E-state index in [9.17, 15) is 10.2 Å². The van der Waals surface area contributed by atoms with Crippen LogP contribution in [-0.4, -0.2) is 59.8 Å². The van der Waals surface area contributed by atoms with Crippen molar-refractivity contribution in [2.45, 2.75) is 43.8 Å². The summed E-state index contributed by atoms with van der Waals surface area (Å²) in [5.41, 5.74) is 0.178. The number of ether oxygens (including phenoxy) is 1. The number of nitrogens with zero attached hydrogens (tertiary/aromatic N) is 4. The minimum Gasteiger partial charge on any atom is -0.394 e. The summed E-state index contributed by atoms with van der Waals surface area (Å²) >= 11 is 6.14. The molecule has 0 aliphatic carbocycles. The van der Waals surface area contributed by atoms with Gasteiger partial charge in [-0.2, -0.15) is 0 Å². The first-order valence-corrected chi connectivity index (χ1v) is 7.33. The Kier molecular flexibility index (Phi) is 2.83. The number of halogens is 1. The fourth-order valence-electron chi connectivity index (χ4n) is 2.98. The van der Waals surface area contributed by atoms with E-state index in [4.69, 9.17) is 21.4 Å². The second-order valence-corrected chi connectivity index (χ2v) is 6.49. The third-order valence-corrected chi connectivity index (χ3v) is 4.60. The molecule has 0 amide bonds. The molecule has 118 valence electrons. The molecule has 4 rings (SSSR count). The van der Waals surface area contributed by atoms with Gasteiger partial charge in [-0.25, -0.2) is 15.0 Å². The van der Waals surface area contributed by atoms with Gasteiger partial charge in [0.05, 0.1) is 6.61 Å². The smallest absolute Gasteiger partial charge is 0.166 e. The molecule has 22 heavy (non-hydrogen) atoms. The van der Waals surface area contributed by atoms with Crippen molar-refractivity contribution in [3.05, 3.63) is 16.8 Å². The Morgan fingerprint density at radius 1 is 1.23 bits per heavy atom. The van der Waals surface area contributed by atoms with Gasteiger partial charge in [0.15, 0.2) is 16.8 Å². The van der Waals surface area contributed by atoms with Crippen molar-refractivity contribution in [3.63, 3.8) is 0 Å². The van der Waals surface area contributed by atoms with Crippen LogP contribution in [0, 0.1) is 0 Å². The molecule has 9 heteroatoms. The van der Waals surface area contributed by atoms with Crippen molar-refractivity contribution >= 4 is 11.6 Å². The van der Waals surface area contributed by atoms with Crippen LogP contribution in [0.1, 0.15) is 31.6 Å². The van der Waals surface area contributed by atoms with E-state index in [1.54, 1.807) is 0 Å². The minimum atomic E-state index is -1.21. The summed E-state index contributed by atoms with van der Waals surface area (Å²) in [4.78, 5) is 13.0. The highest BCUT2D eigenvalue weighted by Crippen LogP contribution is 2.47. The van der Waals surface area contributed by atoms with Crippen LogP contribution in [0.5, 0.6) is 0 Å². The average Bonchev–Trinajstić information content (AvgIpc) is 2.83. The van der Waals surface area contributed by atoms with Crippen LogP contribution in [0.3, 0.4) is 0 Å². The van der Waals surface area contributed by atoms with Crippen LogP contribution in [0.25, 0.3) is 11.5 Å². The van der Waals surface area contributed by atoms with Gasteiger partial charge in [0.1, 0.15) is 41.5 Å². The first-order valence-electron chi connectivity index (χ1n) is 6.95. The number of fused-ring (bicyclic) bond motifs is 3. The minimum absolute atomic E-state index is 0.227. The summed E-state index contributed by atoms with van der Waals surface area (Å²) in [6, 6.07) is 0. The highest BCUT2D eigenvalue weighted by Gasteiger charge is 2.50. The Hall–Kier alpha value is -1.32. The zero-order chi connectivity index (χ0) is 15.8. The van der Waals surface area contributed by atoms with Crippen molar-refractivity contribution < 1.29 is 20.1 Å². The molecule has 8 nitrogen and oxygen atoms in total. The number of hydrogen-bond acceptors (Lipinski definition) is 7. The number of rotatable bonds is 2. The van der Waals surface area contributed by atoms with E-state index in [0.29, 0.717) is 11.5 Å². The van der Waals surface area contributed by atoms with Crippen LogP contribution < -0.4 is 0 Å². The van der Waals surface area contributed by atoms with Crippen molar-refractivity contribution in [3.8, 4) is 11.5 Å². The second-order valence-electron chi connectivity index (χ2n) is 6.13. The molecule has 4 heterocycles. The molecular formula is C13H15ClN4O4. The monoisotopic (exact) mass is 326 g/mol. The summed E-state index contributed by atoms with van der Waals surface area (Å²) in [6.07, 6.45) is -4.16. The molecule has 0 aromatic rings. The van der Waals surface area contributed by atoms with Crippen LogP contribution in [0.15, 0.2) is 0 Å². The summed E-state index contributed by atoms with van der Waals surface area (Å²) in [6.45, 7) is 3.59. The molecule has 0 radical (unpaired) electrons. The van der Waals surface area contributed by atoms with Crippen LogP contribution in [0.4, 0.5) is 0 Å². The van der Waals surface area contributed by atoms with Gasteiger partial charge in [-0.15, -0.1) is 0 Å². The number of aliphatic hydroxyl groups is 3. The molecule has 4 atom stereocenters. The van der Waals surface area contributed by atoms with Gasteiger partial charge in [0.2, 0.25) is 0 Å². The summed E-state index contributed by atoms with van der Waals surface area (Å²) in [5, 5.41) is 29.3. The van der Waals surface area contributed by atoms with E-state index in [1.165, 1.54) is 0 Å². The van der Waals surface area contributed by atoms with Crippen LogP contribution >= 0.6 is 11.6 Å². The lowest BCUT2D eigenvalue weighted by Crippen LogP contribution is -2.32. The normalized spacial score (nSPS) is 32.5. The number of aliphatic hydroxyl groups excluding tert-OH is 3. The molecule has 4 aliphatic heterocycles. The summed E-state index contributed by atoms with van der Waals surface area (Å²) in [5.74, 6) is 1.62. The van der Waals surface area contributed by atoms with E-state index in [0.717, 1.165) is 5.82 Å². The Balaban J connectivity index is 1.78. The predicted octanol–water partition coefficient (Wildman–Crippen LogP) is -0.318. The van der Waals surface area contributed by atoms with E-state index >= 15 is 0 Å². The van der Waals surface area contributed by atoms with Crippen molar-refractivity contribution in [1.29, 1.82) is 0 Å². The molecule has 0 aromatic carbocycles. The second kappa shape index (κ2) is 4.36. The molecule has 3 N–H and O–H groups in total. The predicted molar refractivity (Wildman–Crippen MR) is 74.6 cm³/mol. The van der Waals surface area contributed by atoms with Gasteiger partial charge < -0.3 is 20.1 Å². The van der Waals surface area contributed by atoms with Crippen LogP contribution in [-0.2, 0) is 10.3 Å². The summed E-state index contributed by atoms with van der Waals surface area (Å²) in [7, 11) is 0. The molecule has 1 saturated heterocycles. The quantitative estimate of drug-likeness (QED) is 0.648. The molecule has 0 aromatic heterocycles. The fourth-order valence-corrected chi connectivity index (χ4v) is 3.19. The fraction of sp³-hybridized carbons (Fsp3) is 0.615. The van der Waals surface area contributed by atoms with Gasteiger partial charge in [-0.3, -0.25) is 4.57 Å². The molecular weight excluding hydrogens is 312 g/mol. The first kappa shape index (κ1) is 14.3. The number of imidazole rings is 1. The lowest BCUT2D eigenvalue weighted by Gasteiger charge is -2.10. The number of aromatic nitrogens is 4. The van der Waals surface area contributed by atoms with Crippen molar-refractivity contribution in [2.75, 3.05) is 6.61 Å². The zero-order valence-corrected chi connectivity index (χ0v) is 12.7. The maximum atomic E-state index is 10.1. The standard InChI is InChI=1S/C13H15ClN4O4/c1-13(2)12-16-9(14)5-11(18(12)13)17-10(15-5)8-7(21)6(20)4(3-19)22-8/h4,6-8,19-21H,3H2,1-2H3/t4-,6-,7-,8?,18?/m1/s1. The number of hydrogen-bond donors (Lipinski definition) is 3. The SMILES string of the molecule is CC1(C)c2nc(Cl)c3nc(C4O[C@H](CO)[C@@H](O)[C@H]4O)nc-3n21. The highest BCUT2D eigenvalue weighted by molar-refractivity contribution is 6.31. The largest absolute Gasteiger partial charge is 0.394 e. The molecule has 0 bridgehead atoms. The van der Waals surface area contributed by atoms with Gasteiger partial charge in [0, 0.05) is 0 Å². The molecule has 0 spiro atoms. The highest BCUT2D eigenvalue weighted by atomic mass is 35.5. The lowest BCUT2D eigenvalue weighted by atomic mass is 10.1. The maximum absolute atomic E-state index is 10.1. The molecule has 0 saturated carbocycles. The lowest BCUT2D eigenvalue weighted by molar-refractivity contribution is -0.0250. The van der Waals surface area contributed by atoms with Crippen LogP contribution in [0.2, 0.25) is 5.15 Å². The van der Waals surface area contributed by atoms with Gasteiger partial charge in [-0.1, -0.05) is 11.6 Å². The maximum Gasteiger partial charge on any atom is 0.166 e. The van der Waals surface area contributed by atoms with E-state index in [-0.39, 0.29) is 16.5 Å². The Bertz CT molecular complexity index is 733. The zero-order valence-electron chi connectivity index (χ0n) is 11.9. The third-order valence-electron chi connectivity index (χ3n) is 4.33. The van der Waals surface area contributed by atoms with Gasteiger partial charge in [0.25, 0.3) is 0 Å².